The fourth-order valence-corrected chi connectivity index (χ4v) is 4.59. The third kappa shape index (κ3) is 3.11. The summed E-state index contributed by atoms with van der Waals surface area (Å²) >= 11 is 0. The number of aliphatic hydroxyl groups is 1. The first-order valence-electron chi connectivity index (χ1n) is 10.3. The van der Waals surface area contributed by atoms with Crippen LogP contribution in [0.4, 0.5) is 0 Å². The van der Waals surface area contributed by atoms with Gasteiger partial charge in [0, 0.05) is 36.0 Å². The number of primary amides is 1. The minimum atomic E-state index is -0.701. The molecule has 0 saturated carbocycles. The molecule has 0 bridgehead atoms. The molecule has 0 fully saturated rings. The summed E-state index contributed by atoms with van der Waals surface area (Å²) in [5.41, 5.74) is 9.93. The van der Waals surface area contributed by atoms with Crippen molar-refractivity contribution in [2.75, 3.05) is 0 Å². The summed E-state index contributed by atoms with van der Waals surface area (Å²) in [6.07, 6.45) is 3.27. The normalized spacial score (nSPS) is 18.3. The largest absolute Gasteiger partial charge is 0.388 e. The van der Waals surface area contributed by atoms with E-state index in [1.807, 2.05) is 36.4 Å². The van der Waals surface area contributed by atoms with Crippen LogP contribution in [0.25, 0.3) is 16.6 Å². The van der Waals surface area contributed by atoms with Gasteiger partial charge in [-0.2, -0.15) is 10.4 Å². The van der Waals surface area contributed by atoms with Crippen LogP contribution in [-0.2, 0) is 6.42 Å². The van der Waals surface area contributed by atoms with Crippen LogP contribution in [-0.4, -0.2) is 30.8 Å². The van der Waals surface area contributed by atoms with Crippen molar-refractivity contribution >= 4 is 16.8 Å². The van der Waals surface area contributed by atoms with Crippen molar-refractivity contribution in [3.05, 3.63) is 83.1 Å². The number of nitrogens with zero attached hydrogens (tertiary/aromatic N) is 5. The second-order valence-electron chi connectivity index (χ2n) is 8.07. The molecule has 3 aromatic heterocycles. The Hall–Kier alpha value is -4.09. The quantitative estimate of drug-likeness (QED) is 0.518. The Balaban J connectivity index is 1.56. The van der Waals surface area contributed by atoms with Gasteiger partial charge < -0.3 is 10.8 Å². The summed E-state index contributed by atoms with van der Waals surface area (Å²) in [5.74, 6) is -0.553. The fourth-order valence-electron chi connectivity index (χ4n) is 4.59. The van der Waals surface area contributed by atoms with Crippen molar-refractivity contribution in [1.82, 2.24) is 19.7 Å². The number of nitrogens with two attached hydrogens (primary N) is 1. The molecular weight excluding hydrogens is 404 g/mol. The second kappa shape index (κ2) is 7.55. The molecule has 1 amide bonds. The monoisotopic (exact) mass is 424 g/mol. The highest BCUT2D eigenvalue weighted by Crippen LogP contribution is 2.43. The Bertz CT molecular complexity index is 1400. The molecule has 1 aliphatic rings. The van der Waals surface area contributed by atoms with Gasteiger partial charge in [-0.05, 0) is 35.7 Å². The van der Waals surface area contributed by atoms with E-state index in [2.05, 4.69) is 28.1 Å². The van der Waals surface area contributed by atoms with Crippen LogP contribution < -0.4 is 5.73 Å². The number of amides is 1. The van der Waals surface area contributed by atoms with Gasteiger partial charge in [-0.25, -0.2) is 9.67 Å². The summed E-state index contributed by atoms with van der Waals surface area (Å²) in [6, 6.07) is 14.9. The molecule has 4 aromatic rings. The van der Waals surface area contributed by atoms with E-state index >= 15 is 0 Å². The number of rotatable bonds is 4. The SMILES string of the molecule is CC1c2ncccc2CC1[C@@H](O)c1cccc(-n2nc(C(N)=O)c3cnc(C#N)cc32)c1. The molecule has 3 heterocycles. The zero-order valence-electron chi connectivity index (χ0n) is 17.3. The molecule has 8 heteroatoms. The molecule has 2 unspecified atom stereocenters. The number of hydrogen-bond donors (Lipinski definition) is 2. The molecule has 5 rings (SSSR count). The number of pyridine rings is 2. The number of benzene rings is 1. The standard InChI is InChI=1S/C24H20N6O2/c1-13-18(9-14-5-3-7-27-21(13)14)23(31)15-4-2-6-17(8-15)30-20-10-16(11-25)28-12-19(20)22(29-30)24(26)32/h2-8,10,12-13,18,23,31H,9H2,1H3,(H2,26,32)/t13?,18?,23-/m0/s1. The first-order valence-corrected chi connectivity index (χ1v) is 10.3. The lowest BCUT2D eigenvalue weighted by Gasteiger charge is -2.23. The average molecular weight is 424 g/mol. The minimum Gasteiger partial charge on any atom is -0.388 e. The number of fused-ring (bicyclic) bond motifs is 2. The van der Waals surface area contributed by atoms with Gasteiger partial charge in [0.25, 0.3) is 5.91 Å². The Labute approximate surface area is 184 Å². The first kappa shape index (κ1) is 19.8. The van der Waals surface area contributed by atoms with Gasteiger partial charge in [0.2, 0.25) is 0 Å². The highest BCUT2D eigenvalue weighted by atomic mass is 16.3. The predicted molar refractivity (Wildman–Crippen MR) is 117 cm³/mol. The zero-order chi connectivity index (χ0) is 22.4. The van der Waals surface area contributed by atoms with E-state index in [9.17, 15) is 15.2 Å². The third-order valence-electron chi connectivity index (χ3n) is 6.23. The van der Waals surface area contributed by atoms with E-state index in [-0.39, 0.29) is 23.2 Å². The molecule has 0 radical (unpaired) electrons. The molecule has 1 aliphatic carbocycles. The van der Waals surface area contributed by atoms with Crippen molar-refractivity contribution in [3.8, 4) is 11.8 Å². The highest BCUT2D eigenvalue weighted by Gasteiger charge is 2.35. The third-order valence-corrected chi connectivity index (χ3v) is 6.23. The van der Waals surface area contributed by atoms with Gasteiger partial charge in [0.05, 0.1) is 22.7 Å². The Morgan fingerprint density at radius 1 is 1.28 bits per heavy atom. The number of hydrogen-bond acceptors (Lipinski definition) is 6. The van der Waals surface area contributed by atoms with Gasteiger partial charge in [0.1, 0.15) is 11.8 Å². The number of aromatic nitrogens is 4. The van der Waals surface area contributed by atoms with Gasteiger partial charge in [-0.15, -0.1) is 0 Å². The molecule has 158 valence electrons. The maximum atomic E-state index is 11.9. The summed E-state index contributed by atoms with van der Waals surface area (Å²) in [5, 5.41) is 25.3. The lowest BCUT2D eigenvalue weighted by molar-refractivity contribution is 0.0995. The van der Waals surface area contributed by atoms with Crippen LogP contribution in [0, 0.1) is 17.2 Å². The number of carbonyl (C=O) groups is 1. The smallest absolute Gasteiger partial charge is 0.269 e. The van der Waals surface area contributed by atoms with E-state index in [1.165, 1.54) is 11.8 Å². The summed E-state index contributed by atoms with van der Waals surface area (Å²) in [7, 11) is 0. The summed E-state index contributed by atoms with van der Waals surface area (Å²) in [6.45, 7) is 2.09. The number of aliphatic hydroxyl groups excluding tert-OH is 1. The predicted octanol–water partition coefficient (Wildman–Crippen LogP) is 2.80. The topological polar surface area (TPSA) is 131 Å². The van der Waals surface area contributed by atoms with Crippen LogP contribution in [0.5, 0.6) is 0 Å². The van der Waals surface area contributed by atoms with Gasteiger partial charge in [-0.1, -0.05) is 25.1 Å². The van der Waals surface area contributed by atoms with Crippen molar-refractivity contribution < 1.29 is 9.90 Å². The first-order chi connectivity index (χ1) is 15.5. The van der Waals surface area contributed by atoms with Crippen LogP contribution in [0.1, 0.15) is 51.9 Å². The minimum absolute atomic E-state index is 0.0000812. The molecule has 0 aliphatic heterocycles. The Kier molecular flexibility index (Phi) is 4.68. The molecule has 3 atom stereocenters. The molecule has 0 saturated heterocycles. The molecule has 0 spiro atoms. The second-order valence-corrected chi connectivity index (χ2v) is 8.07. The van der Waals surface area contributed by atoms with E-state index in [4.69, 9.17) is 5.73 Å². The zero-order valence-corrected chi connectivity index (χ0v) is 17.3. The highest BCUT2D eigenvalue weighted by molar-refractivity contribution is 6.04. The van der Waals surface area contributed by atoms with Crippen molar-refractivity contribution in [2.24, 2.45) is 11.7 Å². The van der Waals surface area contributed by atoms with E-state index < -0.39 is 12.0 Å². The molecular formula is C24H20N6O2. The maximum absolute atomic E-state index is 11.9. The van der Waals surface area contributed by atoms with Crippen LogP contribution in [0.15, 0.2) is 54.9 Å². The lowest BCUT2D eigenvalue weighted by Crippen LogP contribution is -2.16. The average Bonchev–Trinajstić information content (AvgIpc) is 3.37. The van der Waals surface area contributed by atoms with Crippen LogP contribution in [0.2, 0.25) is 0 Å². The molecule has 3 N–H and O–H groups in total. The number of carbonyl (C=O) groups excluding carboxylic acids is 1. The molecule has 32 heavy (non-hydrogen) atoms. The fraction of sp³-hybridized carbons (Fsp3) is 0.208. The van der Waals surface area contributed by atoms with E-state index in [0.29, 0.717) is 16.6 Å². The van der Waals surface area contributed by atoms with Crippen molar-refractivity contribution in [1.29, 1.82) is 5.26 Å². The molecule has 8 nitrogen and oxygen atoms in total. The van der Waals surface area contributed by atoms with Gasteiger partial charge >= 0.3 is 0 Å². The maximum Gasteiger partial charge on any atom is 0.269 e. The van der Waals surface area contributed by atoms with E-state index in [0.717, 1.165) is 17.7 Å². The summed E-state index contributed by atoms with van der Waals surface area (Å²) < 4.78 is 1.56. The van der Waals surface area contributed by atoms with Gasteiger partial charge in [0.15, 0.2) is 5.69 Å². The van der Waals surface area contributed by atoms with Crippen molar-refractivity contribution in [2.45, 2.75) is 25.4 Å². The summed E-state index contributed by atoms with van der Waals surface area (Å²) in [4.78, 5) is 20.4. The van der Waals surface area contributed by atoms with Crippen LogP contribution >= 0.6 is 0 Å². The Morgan fingerprint density at radius 2 is 2.12 bits per heavy atom. The van der Waals surface area contributed by atoms with E-state index in [1.54, 1.807) is 16.9 Å². The molecule has 1 aromatic carbocycles. The van der Waals surface area contributed by atoms with Crippen molar-refractivity contribution in [3.63, 3.8) is 0 Å². The van der Waals surface area contributed by atoms with Gasteiger partial charge in [-0.3, -0.25) is 9.78 Å². The lowest BCUT2D eigenvalue weighted by atomic mass is 9.87. The number of nitriles is 1. The van der Waals surface area contributed by atoms with Crippen LogP contribution in [0.3, 0.4) is 0 Å². The Morgan fingerprint density at radius 3 is 2.88 bits per heavy atom.